The number of hydrogen-bond acceptors (Lipinski definition) is 2. The average molecular weight is 289 g/mol. The van der Waals surface area contributed by atoms with Crippen LogP contribution in [0, 0.1) is 5.41 Å². The predicted molar refractivity (Wildman–Crippen MR) is 73.3 cm³/mol. The first-order chi connectivity index (χ1) is 9.24. The van der Waals surface area contributed by atoms with E-state index >= 15 is 0 Å². The van der Waals surface area contributed by atoms with Crippen molar-refractivity contribution >= 4 is 0 Å². The molecule has 1 rings (SSSR count). The van der Waals surface area contributed by atoms with Gasteiger partial charge in [-0.05, 0) is 36.4 Å². The highest BCUT2D eigenvalue weighted by Crippen LogP contribution is 2.29. The smallest absolute Gasteiger partial charge is 0.396 e. The first-order valence-corrected chi connectivity index (χ1v) is 6.72. The van der Waals surface area contributed by atoms with E-state index in [9.17, 15) is 13.2 Å². The van der Waals surface area contributed by atoms with E-state index in [1.165, 1.54) is 12.1 Å². The molecule has 0 aliphatic carbocycles. The maximum absolute atomic E-state index is 12.5. The SMILES string of the molecule is CC(C)(CO)CCCNCc1cccc(C(F)(F)F)c1. The molecule has 114 valence electrons. The molecule has 0 saturated heterocycles. The zero-order valence-electron chi connectivity index (χ0n) is 11.9. The fourth-order valence-electron chi connectivity index (χ4n) is 1.86. The maximum Gasteiger partial charge on any atom is 0.416 e. The van der Waals surface area contributed by atoms with Crippen LogP contribution in [-0.2, 0) is 12.7 Å². The third-order valence-electron chi connectivity index (χ3n) is 3.22. The summed E-state index contributed by atoms with van der Waals surface area (Å²) in [7, 11) is 0. The van der Waals surface area contributed by atoms with Crippen molar-refractivity contribution in [2.24, 2.45) is 5.41 Å². The van der Waals surface area contributed by atoms with Crippen LogP contribution in [0.1, 0.15) is 37.8 Å². The summed E-state index contributed by atoms with van der Waals surface area (Å²) >= 11 is 0. The standard InChI is InChI=1S/C15H22F3NO/c1-14(2,11-20)7-4-8-19-10-12-5-3-6-13(9-12)15(16,17)18/h3,5-6,9,19-20H,4,7-8,10-11H2,1-2H3. The molecule has 0 aliphatic heterocycles. The lowest BCUT2D eigenvalue weighted by Crippen LogP contribution is -2.21. The second-order valence-electron chi connectivity index (χ2n) is 5.80. The fourth-order valence-corrected chi connectivity index (χ4v) is 1.86. The van der Waals surface area contributed by atoms with Crippen molar-refractivity contribution in [2.45, 2.75) is 39.4 Å². The van der Waals surface area contributed by atoms with Crippen molar-refractivity contribution in [1.82, 2.24) is 5.32 Å². The minimum Gasteiger partial charge on any atom is -0.396 e. The first-order valence-electron chi connectivity index (χ1n) is 6.72. The fraction of sp³-hybridized carbons (Fsp3) is 0.600. The van der Waals surface area contributed by atoms with Gasteiger partial charge in [0.05, 0.1) is 5.56 Å². The minimum atomic E-state index is -4.29. The normalized spacial score (nSPS) is 12.7. The number of nitrogens with one attached hydrogen (secondary N) is 1. The largest absolute Gasteiger partial charge is 0.416 e. The summed E-state index contributed by atoms with van der Waals surface area (Å²) in [6.07, 6.45) is -2.53. The van der Waals surface area contributed by atoms with Gasteiger partial charge in [0.25, 0.3) is 0 Å². The zero-order chi connectivity index (χ0) is 15.2. The molecule has 0 bridgehead atoms. The van der Waals surface area contributed by atoms with Gasteiger partial charge >= 0.3 is 6.18 Å². The van der Waals surface area contributed by atoms with Gasteiger partial charge in [0.2, 0.25) is 0 Å². The number of aliphatic hydroxyl groups is 1. The molecule has 0 spiro atoms. The minimum absolute atomic E-state index is 0.0993. The predicted octanol–water partition coefficient (Wildman–Crippen LogP) is 3.59. The molecule has 0 amide bonds. The van der Waals surface area contributed by atoms with Crippen LogP contribution < -0.4 is 5.32 Å². The van der Waals surface area contributed by atoms with Crippen molar-refractivity contribution in [3.8, 4) is 0 Å². The Balaban J connectivity index is 2.36. The van der Waals surface area contributed by atoms with Gasteiger partial charge in [-0.3, -0.25) is 0 Å². The molecule has 2 nitrogen and oxygen atoms in total. The molecule has 0 aromatic heterocycles. The number of rotatable bonds is 7. The molecule has 2 N–H and O–H groups in total. The Morgan fingerprint density at radius 2 is 1.90 bits per heavy atom. The summed E-state index contributed by atoms with van der Waals surface area (Å²) in [5, 5.41) is 12.2. The zero-order valence-corrected chi connectivity index (χ0v) is 11.9. The van der Waals surface area contributed by atoms with Crippen LogP contribution in [0.3, 0.4) is 0 Å². The lowest BCUT2D eigenvalue weighted by Gasteiger charge is -2.21. The summed E-state index contributed by atoms with van der Waals surface area (Å²) < 4.78 is 37.6. The topological polar surface area (TPSA) is 32.3 Å². The lowest BCUT2D eigenvalue weighted by molar-refractivity contribution is -0.137. The molecular weight excluding hydrogens is 267 g/mol. The van der Waals surface area contributed by atoms with Crippen molar-refractivity contribution in [3.05, 3.63) is 35.4 Å². The van der Waals surface area contributed by atoms with E-state index in [1.54, 1.807) is 6.07 Å². The van der Waals surface area contributed by atoms with E-state index in [0.717, 1.165) is 25.5 Å². The maximum atomic E-state index is 12.5. The highest BCUT2D eigenvalue weighted by molar-refractivity contribution is 5.25. The Morgan fingerprint density at radius 1 is 1.20 bits per heavy atom. The van der Waals surface area contributed by atoms with Gasteiger partial charge in [0.15, 0.2) is 0 Å². The summed E-state index contributed by atoms with van der Waals surface area (Å²) in [6.45, 7) is 5.25. The first kappa shape index (κ1) is 17.0. The van der Waals surface area contributed by atoms with Crippen LogP contribution in [0.5, 0.6) is 0 Å². The van der Waals surface area contributed by atoms with E-state index < -0.39 is 11.7 Å². The highest BCUT2D eigenvalue weighted by Gasteiger charge is 2.30. The molecule has 1 aromatic rings. The van der Waals surface area contributed by atoms with E-state index in [-0.39, 0.29) is 12.0 Å². The van der Waals surface area contributed by atoms with Crippen molar-refractivity contribution in [2.75, 3.05) is 13.2 Å². The molecule has 0 atom stereocenters. The van der Waals surface area contributed by atoms with Crippen LogP contribution in [0.4, 0.5) is 13.2 Å². The van der Waals surface area contributed by atoms with E-state index in [1.807, 2.05) is 13.8 Å². The number of halogens is 3. The lowest BCUT2D eigenvalue weighted by atomic mass is 9.89. The van der Waals surface area contributed by atoms with Crippen LogP contribution in [-0.4, -0.2) is 18.3 Å². The summed E-state index contributed by atoms with van der Waals surface area (Å²) in [6, 6.07) is 5.35. The van der Waals surface area contributed by atoms with Gasteiger partial charge in [0.1, 0.15) is 0 Å². The molecule has 0 radical (unpaired) electrons. The summed E-state index contributed by atoms with van der Waals surface area (Å²) in [4.78, 5) is 0. The Labute approximate surface area is 118 Å². The number of aliphatic hydroxyl groups excluding tert-OH is 1. The molecule has 20 heavy (non-hydrogen) atoms. The van der Waals surface area contributed by atoms with Gasteiger partial charge in [-0.25, -0.2) is 0 Å². The third kappa shape index (κ3) is 5.92. The number of hydrogen-bond donors (Lipinski definition) is 2. The molecule has 0 unspecified atom stereocenters. The Hall–Kier alpha value is -1.07. The quantitative estimate of drug-likeness (QED) is 0.752. The van der Waals surface area contributed by atoms with E-state index in [4.69, 9.17) is 5.11 Å². The monoisotopic (exact) mass is 289 g/mol. The molecule has 0 saturated carbocycles. The average Bonchev–Trinajstić information content (AvgIpc) is 2.37. The Bertz CT molecular complexity index is 416. The Morgan fingerprint density at radius 3 is 2.50 bits per heavy atom. The molecular formula is C15H22F3NO. The van der Waals surface area contributed by atoms with Gasteiger partial charge in [-0.2, -0.15) is 13.2 Å². The number of benzene rings is 1. The molecule has 5 heteroatoms. The van der Waals surface area contributed by atoms with Gasteiger partial charge in [-0.1, -0.05) is 32.0 Å². The van der Waals surface area contributed by atoms with Crippen LogP contribution in [0.25, 0.3) is 0 Å². The number of alkyl halides is 3. The van der Waals surface area contributed by atoms with Crippen molar-refractivity contribution < 1.29 is 18.3 Å². The van der Waals surface area contributed by atoms with Crippen LogP contribution >= 0.6 is 0 Å². The summed E-state index contributed by atoms with van der Waals surface area (Å²) in [5.74, 6) is 0. The highest BCUT2D eigenvalue weighted by atomic mass is 19.4. The van der Waals surface area contributed by atoms with Gasteiger partial charge in [0, 0.05) is 13.2 Å². The third-order valence-corrected chi connectivity index (χ3v) is 3.22. The van der Waals surface area contributed by atoms with Gasteiger partial charge < -0.3 is 10.4 Å². The van der Waals surface area contributed by atoms with E-state index in [2.05, 4.69) is 5.32 Å². The van der Waals surface area contributed by atoms with Gasteiger partial charge in [-0.15, -0.1) is 0 Å². The molecule has 0 heterocycles. The Kier molecular flexibility index (Phi) is 6.02. The van der Waals surface area contributed by atoms with Crippen molar-refractivity contribution in [3.63, 3.8) is 0 Å². The van der Waals surface area contributed by atoms with Crippen molar-refractivity contribution in [1.29, 1.82) is 0 Å². The molecule has 0 aliphatic rings. The van der Waals surface area contributed by atoms with Crippen LogP contribution in [0.15, 0.2) is 24.3 Å². The van der Waals surface area contributed by atoms with E-state index in [0.29, 0.717) is 12.1 Å². The summed E-state index contributed by atoms with van der Waals surface area (Å²) in [5.41, 5.74) is -0.0859. The molecule has 1 aromatic carbocycles. The second-order valence-corrected chi connectivity index (χ2v) is 5.80. The molecule has 0 fully saturated rings. The van der Waals surface area contributed by atoms with Crippen LogP contribution in [0.2, 0.25) is 0 Å². The second kappa shape index (κ2) is 7.09.